The minimum absolute atomic E-state index is 0.203. The van der Waals surface area contributed by atoms with Crippen molar-refractivity contribution >= 4 is 23.3 Å². The number of nitrogens with two attached hydrogens (primary N) is 2. The Balaban J connectivity index is 1.89. The van der Waals surface area contributed by atoms with Gasteiger partial charge in [0, 0.05) is 24.5 Å². The number of carbonyl (C=O) groups is 2. The first-order valence-electron chi connectivity index (χ1n) is 6.25. The van der Waals surface area contributed by atoms with Crippen LogP contribution in [0.15, 0.2) is 18.2 Å². The molecule has 1 saturated heterocycles. The standard InChI is InChI=1S/C13H17N3O4/c14-9-1-2-10(11(15)7-9)13(18)20-8-12(17)16-3-5-19-6-4-16/h1-2,7H,3-6,8,14-15H2. The molecule has 0 unspecified atom stereocenters. The Morgan fingerprint density at radius 1 is 1.25 bits per heavy atom. The fourth-order valence-electron chi connectivity index (χ4n) is 1.88. The van der Waals surface area contributed by atoms with Crippen molar-refractivity contribution in [3.63, 3.8) is 0 Å². The van der Waals surface area contributed by atoms with Gasteiger partial charge < -0.3 is 25.8 Å². The first kappa shape index (κ1) is 14.1. The van der Waals surface area contributed by atoms with Gasteiger partial charge in [-0.3, -0.25) is 4.79 Å². The summed E-state index contributed by atoms with van der Waals surface area (Å²) >= 11 is 0. The van der Waals surface area contributed by atoms with Crippen molar-refractivity contribution in [2.45, 2.75) is 0 Å². The van der Waals surface area contributed by atoms with Gasteiger partial charge in [0.15, 0.2) is 6.61 Å². The lowest BCUT2D eigenvalue weighted by molar-refractivity contribution is -0.138. The molecule has 4 N–H and O–H groups in total. The molecule has 1 aromatic rings. The van der Waals surface area contributed by atoms with E-state index < -0.39 is 5.97 Å². The highest BCUT2D eigenvalue weighted by atomic mass is 16.5. The molecule has 1 aliphatic heterocycles. The van der Waals surface area contributed by atoms with Crippen molar-refractivity contribution in [3.8, 4) is 0 Å². The normalized spacial score (nSPS) is 14.9. The number of hydrogen-bond acceptors (Lipinski definition) is 6. The van der Waals surface area contributed by atoms with Crippen molar-refractivity contribution in [2.75, 3.05) is 44.4 Å². The van der Waals surface area contributed by atoms with Crippen LogP contribution in [0.4, 0.5) is 11.4 Å². The number of morpholine rings is 1. The van der Waals surface area contributed by atoms with Crippen LogP contribution in [0.2, 0.25) is 0 Å². The highest BCUT2D eigenvalue weighted by molar-refractivity contribution is 5.96. The molecule has 1 amide bonds. The molecule has 1 fully saturated rings. The van der Waals surface area contributed by atoms with Crippen molar-refractivity contribution < 1.29 is 19.1 Å². The summed E-state index contributed by atoms with van der Waals surface area (Å²) in [6, 6.07) is 4.50. The Hall–Kier alpha value is -2.28. The van der Waals surface area contributed by atoms with E-state index in [9.17, 15) is 9.59 Å². The number of nitrogen functional groups attached to an aromatic ring is 2. The molecule has 2 rings (SSSR count). The molecule has 1 aliphatic rings. The zero-order chi connectivity index (χ0) is 14.5. The second-order valence-electron chi connectivity index (χ2n) is 4.42. The maximum Gasteiger partial charge on any atom is 0.340 e. The Bertz CT molecular complexity index is 512. The Kier molecular flexibility index (Phi) is 4.41. The van der Waals surface area contributed by atoms with Gasteiger partial charge in [-0.1, -0.05) is 0 Å². The molecule has 7 heteroatoms. The molecule has 20 heavy (non-hydrogen) atoms. The lowest BCUT2D eigenvalue weighted by atomic mass is 10.1. The number of nitrogens with zero attached hydrogens (tertiary/aromatic N) is 1. The van der Waals surface area contributed by atoms with Crippen LogP contribution in [0.25, 0.3) is 0 Å². The van der Waals surface area contributed by atoms with Gasteiger partial charge in [0.2, 0.25) is 0 Å². The molecular formula is C13H17N3O4. The van der Waals surface area contributed by atoms with E-state index in [1.165, 1.54) is 12.1 Å². The molecule has 0 bridgehead atoms. The second-order valence-corrected chi connectivity index (χ2v) is 4.42. The van der Waals surface area contributed by atoms with Crippen LogP contribution >= 0.6 is 0 Å². The summed E-state index contributed by atoms with van der Waals surface area (Å²) in [5.74, 6) is -0.875. The van der Waals surface area contributed by atoms with E-state index in [2.05, 4.69) is 0 Å². The van der Waals surface area contributed by atoms with Gasteiger partial charge in [-0.2, -0.15) is 0 Å². The van der Waals surface area contributed by atoms with Gasteiger partial charge in [-0.05, 0) is 18.2 Å². The summed E-state index contributed by atoms with van der Waals surface area (Å²) in [7, 11) is 0. The number of anilines is 2. The number of esters is 1. The molecule has 0 radical (unpaired) electrons. The minimum atomic E-state index is -0.635. The molecule has 108 valence electrons. The first-order chi connectivity index (χ1) is 9.58. The van der Waals surface area contributed by atoms with Crippen LogP contribution in [-0.2, 0) is 14.3 Å². The molecule has 0 aliphatic carbocycles. The van der Waals surface area contributed by atoms with E-state index in [0.29, 0.717) is 32.0 Å². The monoisotopic (exact) mass is 279 g/mol. The first-order valence-corrected chi connectivity index (χ1v) is 6.25. The third kappa shape index (κ3) is 3.39. The summed E-state index contributed by atoms with van der Waals surface area (Å²) in [4.78, 5) is 25.2. The lowest BCUT2D eigenvalue weighted by Gasteiger charge is -2.26. The Morgan fingerprint density at radius 3 is 2.60 bits per heavy atom. The highest BCUT2D eigenvalue weighted by Gasteiger charge is 2.19. The van der Waals surface area contributed by atoms with E-state index in [1.807, 2.05) is 0 Å². The van der Waals surface area contributed by atoms with Crippen LogP contribution in [0.3, 0.4) is 0 Å². The van der Waals surface area contributed by atoms with Crippen LogP contribution < -0.4 is 11.5 Å². The minimum Gasteiger partial charge on any atom is -0.452 e. The Morgan fingerprint density at radius 2 is 1.95 bits per heavy atom. The summed E-state index contributed by atoms with van der Waals surface area (Å²) in [5.41, 5.74) is 12.1. The number of rotatable bonds is 3. The van der Waals surface area contributed by atoms with E-state index in [4.69, 9.17) is 20.9 Å². The van der Waals surface area contributed by atoms with E-state index in [-0.39, 0.29) is 23.8 Å². The maximum absolute atomic E-state index is 11.8. The quantitative estimate of drug-likeness (QED) is 0.589. The van der Waals surface area contributed by atoms with Gasteiger partial charge >= 0.3 is 5.97 Å². The molecule has 0 saturated carbocycles. The molecular weight excluding hydrogens is 262 g/mol. The van der Waals surface area contributed by atoms with Crippen molar-refractivity contribution in [1.82, 2.24) is 4.90 Å². The van der Waals surface area contributed by atoms with Crippen LogP contribution in [0.1, 0.15) is 10.4 Å². The van der Waals surface area contributed by atoms with Crippen molar-refractivity contribution in [3.05, 3.63) is 23.8 Å². The highest BCUT2D eigenvalue weighted by Crippen LogP contribution is 2.16. The molecule has 1 heterocycles. The van der Waals surface area contributed by atoms with Crippen molar-refractivity contribution in [2.24, 2.45) is 0 Å². The third-order valence-corrected chi connectivity index (χ3v) is 2.99. The molecule has 0 aromatic heterocycles. The van der Waals surface area contributed by atoms with Gasteiger partial charge in [0.05, 0.1) is 18.8 Å². The predicted octanol–water partition coefficient (Wildman–Crippen LogP) is -0.133. The van der Waals surface area contributed by atoms with E-state index >= 15 is 0 Å². The lowest BCUT2D eigenvalue weighted by Crippen LogP contribution is -2.42. The average molecular weight is 279 g/mol. The number of carbonyl (C=O) groups excluding carboxylic acids is 2. The van der Waals surface area contributed by atoms with Crippen molar-refractivity contribution in [1.29, 1.82) is 0 Å². The maximum atomic E-state index is 11.8. The van der Waals surface area contributed by atoms with Crippen LogP contribution in [0.5, 0.6) is 0 Å². The van der Waals surface area contributed by atoms with Gasteiger partial charge in [0.1, 0.15) is 0 Å². The average Bonchev–Trinajstić information content (AvgIpc) is 2.45. The SMILES string of the molecule is Nc1ccc(C(=O)OCC(=O)N2CCOCC2)c(N)c1. The summed E-state index contributed by atoms with van der Waals surface area (Å²) in [5, 5.41) is 0. The number of amides is 1. The number of ether oxygens (including phenoxy) is 2. The topological polar surface area (TPSA) is 108 Å². The van der Waals surface area contributed by atoms with Gasteiger partial charge in [-0.25, -0.2) is 4.79 Å². The van der Waals surface area contributed by atoms with Gasteiger partial charge in [-0.15, -0.1) is 0 Å². The smallest absolute Gasteiger partial charge is 0.340 e. The zero-order valence-corrected chi connectivity index (χ0v) is 11.0. The molecule has 0 atom stereocenters. The number of benzene rings is 1. The molecule has 0 spiro atoms. The van der Waals surface area contributed by atoms with Crippen LogP contribution in [-0.4, -0.2) is 49.7 Å². The number of hydrogen-bond donors (Lipinski definition) is 2. The largest absolute Gasteiger partial charge is 0.452 e. The second kappa shape index (κ2) is 6.25. The van der Waals surface area contributed by atoms with E-state index in [1.54, 1.807) is 11.0 Å². The Labute approximate surface area is 116 Å². The summed E-state index contributed by atoms with van der Waals surface area (Å²) in [6.07, 6.45) is 0. The van der Waals surface area contributed by atoms with Gasteiger partial charge in [0.25, 0.3) is 5.91 Å². The summed E-state index contributed by atoms with van der Waals surface area (Å²) in [6.45, 7) is 1.73. The van der Waals surface area contributed by atoms with Crippen LogP contribution in [0, 0.1) is 0 Å². The predicted molar refractivity (Wildman–Crippen MR) is 72.9 cm³/mol. The fraction of sp³-hybridized carbons (Fsp3) is 0.385. The molecule has 7 nitrogen and oxygen atoms in total. The zero-order valence-electron chi connectivity index (χ0n) is 11.0. The van der Waals surface area contributed by atoms with E-state index in [0.717, 1.165) is 0 Å². The molecule has 1 aromatic carbocycles. The third-order valence-electron chi connectivity index (χ3n) is 2.99. The summed E-state index contributed by atoms with van der Waals surface area (Å²) < 4.78 is 10.1. The fourth-order valence-corrected chi connectivity index (χ4v) is 1.88.